The van der Waals surface area contributed by atoms with Crippen LogP contribution in [0.3, 0.4) is 0 Å². The van der Waals surface area contributed by atoms with Gasteiger partial charge in [0.1, 0.15) is 12.0 Å². The van der Waals surface area contributed by atoms with Crippen LogP contribution in [0.15, 0.2) is 36.9 Å². The van der Waals surface area contributed by atoms with Crippen molar-refractivity contribution in [1.82, 2.24) is 0 Å². The minimum Gasteiger partial charge on any atom is -0.497 e. The first kappa shape index (κ1) is 39.9. The van der Waals surface area contributed by atoms with E-state index in [1.807, 2.05) is 45.0 Å². The predicted molar refractivity (Wildman–Crippen MR) is 177 cm³/mol. The topological polar surface area (TPSA) is 72.8 Å². The van der Waals surface area contributed by atoms with Crippen LogP contribution in [0.25, 0.3) is 0 Å². The molecule has 0 aromatic heterocycles. The standard InChI is InChI=1S/C20H36O.C12H16O4.C3H6.C2H6/c1-2-3-4-5-6-7-17-8-12-19(13-9-17)20-14-10-18(16-21)11-15-20;1-15-12-4-2-10(3-5-12)6-11(7-13)8-16-9-14;1-3-2;1-2/h16-20H,2-15H2,1H3;2-5,9,11,13H,6-8H2,1H3;3H,1H2,2H3;1-2H3. The van der Waals surface area contributed by atoms with E-state index in [1.54, 1.807) is 13.2 Å². The van der Waals surface area contributed by atoms with E-state index in [0.717, 1.165) is 29.1 Å². The van der Waals surface area contributed by atoms with Crippen LogP contribution in [0.5, 0.6) is 5.75 Å². The molecule has 2 aliphatic carbocycles. The van der Waals surface area contributed by atoms with Crippen LogP contribution in [-0.2, 0) is 20.7 Å². The number of methoxy groups -OCH3 is 1. The van der Waals surface area contributed by atoms with E-state index in [-0.39, 0.29) is 19.1 Å². The number of unbranched alkanes of at least 4 members (excludes halogenated alkanes) is 4. The van der Waals surface area contributed by atoms with Gasteiger partial charge in [0.15, 0.2) is 0 Å². The highest BCUT2D eigenvalue weighted by molar-refractivity contribution is 5.53. The Morgan fingerprint density at radius 1 is 0.905 bits per heavy atom. The van der Waals surface area contributed by atoms with Crippen molar-refractivity contribution in [1.29, 1.82) is 0 Å². The van der Waals surface area contributed by atoms with Gasteiger partial charge in [-0.25, -0.2) is 0 Å². The van der Waals surface area contributed by atoms with Gasteiger partial charge in [0.05, 0.1) is 13.7 Å². The summed E-state index contributed by atoms with van der Waals surface area (Å²) in [4.78, 5) is 20.9. The Hall–Kier alpha value is -2.14. The van der Waals surface area contributed by atoms with Crippen molar-refractivity contribution >= 4 is 12.8 Å². The van der Waals surface area contributed by atoms with Crippen LogP contribution in [0.2, 0.25) is 0 Å². The highest BCUT2D eigenvalue weighted by atomic mass is 16.5. The summed E-state index contributed by atoms with van der Waals surface area (Å²) >= 11 is 0. The smallest absolute Gasteiger partial charge is 0.293 e. The van der Waals surface area contributed by atoms with Gasteiger partial charge < -0.3 is 19.4 Å². The molecule has 5 nitrogen and oxygen atoms in total. The zero-order valence-electron chi connectivity index (χ0n) is 27.7. The lowest BCUT2D eigenvalue weighted by molar-refractivity contribution is -0.130. The quantitative estimate of drug-likeness (QED) is 0.125. The molecule has 1 atom stereocenters. The third-order valence-electron chi connectivity index (χ3n) is 8.62. The summed E-state index contributed by atoms with van der Waals surface area (Å²) in [5.74, 6) is 4.11. The number of carbonyl (C=O) groups is 2. The first-order chi connectivity index (χ1) is 20.5. The van der Waals surface area contributed by atoms with E-state index < -0.39 is 0 Å². The average Bonchev–Trinajstić information content (AvgIpc) is 3.05. The molecule has 2 fully saturated rings. The molecule has 3 rings (SSSR count). The van der Waals surface area contributed by atoms with Crippen molar-refractivity contribution < 1.29 is 24.2 Å². The molecule has 0 radical (unpaired) electrons. The zero-order chi connectivity index (χ0) is 31.4. The lowest BCUT2D eigenvalue weighted by Gasteiger charge is -2.37. The molecular formula is C37H64O5. The summed E-state index contributed by atoms with van der Waals surface area (Å²) in [6.07, 6.45) is 23.2. The van der Waals surface area contributed by atoms with E-state index in [1.165, 1.54) is 96.2 Å². The second kappa shape index (κ2) is 27.7. The summed E-state index contributed by atoms with van der Waals surface area (Å²) in [5.41, 5.74) is 1.08. The molecular weight excluding hydrogens is 524 g/mol. The molecule has 1 aromatic rings. The van der Waals surface area contributed by atoms with Crippen LogP contribution >= 0.6 is 0 Å². The number of allylic oxidation sites excluding steroid dienone is 1. The minimum atomic E-state index is -0.0569. The number of aliphatic hydroxyl groups is 1. The normalized spacial score (nSPS) is 21.9. The third-order valence-corrected chi connectivity index (χ3v) is 8.62. The van der Waals surface area contributed by atoms with Gasteiger partial charge in [0, 0.05) is 18.4 Å². The SMILES string of the molecule is C=CC.CC.CCCCCCCC1CCC(C2CCC(C=O)CC2)CC1.COc1ccc(CC(CO)COC=O)cc1. The summed E-state index contributed by atoms with van der Waals surface area (Å²) < 4.78 is 9.68. The molecule has 42 heavy (non-hydrogen) atoms. The van der Waals surface area contributed by atoms with Crippen LogP contribution in [0.4, 0.5) is 0 Å². The lowest BCUT2D eigenvalue weighted by atomic mass is 9.69. The maximum absolute atomic E-state index is 10.9. The number of ether oxygens (including phenoxy) is 2. The summed E-state index contributed by atoms with van der Waals surface area (Å²) in [6, 6.07) is 7.60. The fourth-order valence-corrected chi connectivity index (χ4v) is 6.18. The van der Waals surface area contributed by atoms with Crippen molar-refractivity contribution in [2.75, 3.05) is 20.3 Å². The number of carbonyl (C=O) groups excluding carboxylic acids is 2. The van der Waals surface area contributed by atoms with Crippen LogP contribution in [0.1, 0.15) is 123 Å². The van der Waals surface area contributed by atoms with E-state index in [0.29, 0.717) is 18.8 Å². The molecule has 0 amide bonds. The molecule has 1 unspecified atom stereocenters. The second-order valence-corrected chi connectivity index (χ2v) is 11.7. The van der Waals surface area contributed by atoms with Gasteiger partial charge in [-0.05, 0) is 87.3 Å². The van der Waals surface area contributed by atoms with Gasteiger partial charge in [0.2, 0.25) is 0 Å². The van der Waals surface area contributed by atoms with E-state index in [4.69, 9.17) is 9.84 Å². The zero-order valence-corrected chi connectivity index (χ0v) is 27.7. The van der Waals surface area contributed by atoms with Gasteiger partial charge >= 0.3 is 0 Å². The summed E-state index contributed by atoms with van der Waals surface area (Å²) in [5, 5.41) is 9.09. The molecule has 0 spiro atoms. The number of rotatable bonds is 15. The van der Waals surface area contributed by atoms with Gasteiger partial charge in [0.25, 0.3) is 6.47 Å². The van der Waals surface area contributed by atoms with Crippen molar-refractivity contribution in [3.63, 3.8) is 0 Å². The van der Waals surface area contributed by atoms with Crippen LogP contribution in [-0.4, -0.2) is 38.2 Å². The van der Waals surface area contributed by atoms with E-state index in [2.05, 4.69) is 18.2 Å². The molecule has 5 heteroatoms. The molecule has 0 saturated heterocycles. The van der Waals surface area contributed by atoms with Crippen molar-refractivity contribution in [3.05, 3.63) is 42.5 Å². The number of benzene rings is 1. The van der Waals surface area contributed by atoms with E-state index >= 15 is 0 Å². The fraction of sp³-hybridized carbons (Fsp3) is 0.730. The highest BCUT2D eigenvalue weighted by Crippen LogP contribution is 2.42. The molecule has 0 aliphatic heterocycles. The Balaban J connectivity index is 0.000000713. The summed E-state index contributed by atoms with van der Waals surface area (Å²) in [6.45, 7) is 12.2. The molecule has 1 aromatic carbocycles. The third kappa shape index (κ3) is 18.4. The maximum Gasteiger partial charge on any atom is 0.293 e. The number of aldehydes is 1. The number of hydrogen-bond acceptors (Lipinski definition) is 5. The largest absolute Gasteiger partial charge is 0.497 e. The summed E-state index contributed by atoms with van der Waals surface area (Å²) in [7, 11) is 1.61. The number of hydrogen-bond donors (Lipinski definition) is 1. The van der Waals surface area contributed by atoms with Crippen molar-refractivity contribution in [3.8, 4) is 5.75 Å². The van der Waals surface area contributed by atoms with Gasteiger partial charge in [-0.1, -0.05) is 90.3 Å². The van der Waals surface area contributed by atoms with Crippen molar-refractivity contribution in [2.24, 2.45) is 29.6 Å². The highest BCUT2D eigenvalue weighted by Gasteiger charge is 2.30. The molecule has 1 N–H and O–H groups in total. The van der Waals surface area contributed by atoms with Crippen LogP contribution in [0, 0.1) is 29.6 Å². The molecule has 242 valence electrons. The van der Waals surface area contributed by atoms with Crippen molar-refractivity contribution in [2.45, 2.75) is 124 Å². The first-order valence-corrected chi connectivity index (χ1v) is 16.9. The molecule has 0 heterocycles. The Morgan fingerprint density at radius 3 is 1.93 bits per heavy atom. The van der Waals surface area contributed by atoms with Gasteiger partial charge in [-0.3, -0.25) is 4.79 Å². The molecule has 2 aliphatic rings. The molecule has 0 bridgehead atoms. The van der Waals surface area contributed by atoms with Gasteiger partial charge in [-0.15, -0.1) is 6.58 Å². The maximum atomic E-state index is 10.9. The Kier molecular flexibility index (Phi) is 26.3. The predicted octanol–water partition coefficient (Wildman–Crippen LogP) is 9.40. The number of aliphatic hydroxyl groups excluding tert-OH is 1. The Labute approximate surface area is 258 Å². The minimum absolute atomic E-state index is 0.000130. The van der Waals surface area contributed by atoms with E-state index in [9.17, 15) is 9.59 Å². The monoisotopic (exact) mass is 588 g/mol. The first-order valence-electron chi connectivity index (χ1n) is 16.9. The Morgan fingerprint density at radius 2 is 1.45 bits per heavy atom. The van der Waals surface area contributed by atoms with Crippen LogP contribution < -0.4 is 4.74 Å². The lowest BCUT2D eigenvalue weighted by Crippen LogP contribution is -2.26. The molecule has 2 saturated carbocycles. The Bertz CT molecular complexity index is 746. The fourth-order valence-electron chi connectivity index (χ4n) is 6.18. The second-order valence-electron chi connectivity index (χ2n) is 11.7. The van der Waals surface area contributed by atoms with Gasteiger partial charge in [-0.2, -0.15) is 0 Å². The average molecular weight is 589 g/mol.